The Morgan fingerprint density at radius 1 is 1.21 bits per heavy atom. The van der Waals surface area contributed by atoms with Gasteiger partial charge in [-0.2, -0.15) is 0 Å². The first kappa shape index (κ1) is 13.1. The van der Waals surface area contributed by atoms with Gasteiger partial charge in [0, 0.05) is 0 Å². The van der Waals surface area contributed by atoms with Crippen LogP contribution in [0.15, 0.2) is 24.3 Å². The summed E-state index contributed by atoms with van der Waals surface area (Å²) in [6.45, 7) is 0. The monoisotopic (exact) mass is 390 g/mol. The quantitative estimate of drug-likeness (QED) is 0.582. The summed E-state index contributed by atoms with van der Waals surface area (Å²) in [5, 5.41) is 8.70. The molecule has 0 fully saturated rings. The van der Waals surface area contributed by atoms with E-state index in [9.17, 15) is 9.59 Å². The van der Waals surface area contributed by atoms with Gasteiger partial charge in [-0.3, -0.25) is 0 Å². The number of carboxylic acid groups (broad SMARTS) is 1. The van der Waals surface area contributed by atoms with Crippen LogP contribution in [0.3, 0.4) is 0 Å². The molecule has 14 heavy (non-hydrogen) atoms. The molecule has 0 saturated carbocycles. The number of carbonyl (C=O) groups is 2. The summed E-state index contributed by atoms with van der Waals surface area (Å²) in [6.07, 6.45) is 0. The van der Waals surface area contributed by atoms with Crippen molar-refractivity contribution in [1.29, 1.82) is 0 Å². The van der Waals surface area contributed by atoms with Gasteiger partial charge in [-0.15, -0.1) is 0 Å². The number of benzene rings is 1. The van der Waals surface area contributed by atoms with Crippen LogP contribution >= 0.6 is 0 Å². The number of methoxy groups -OCH3 is 1. The standard InChI is InChI=1S/C9H8O4.Pb.2H/c1-13-9(12)7-5-3-2-4-6(7)8(10)11;;;/h2-5H,1H3,(H,10,11);;;. The van der Waals surface area contributed by atoms with Gasteiger partial charge in [0.25, 0.3) is 0 Å². The Morgan fingerprint density at radius 2 is 1.71 bits per heavy atom. The van der Waals surface area contributed by atoms with E-state index in [1.807, 2.05) is 0 Å². The number of aromatic carboxylic acids is 1. The minimum atomic E-state index is -1.14. The molecular weight excluding hydrogens is 379 g/mol. The molecule has 0 bridgehead atoms. The molecule has 0 heterocycles. The Kier molecular flexibility index (Phi) is 5.36. The molecule has 1 aromatic carbocycles. The van der Waals surface area contributed by atoms with E-state index in [1.54, 1.807) is 12.1 Å². The fourth-order valence-electron chi connectivity index (χ4n) is 0.958. The third-order valence-electron chi connectivity index (χ3n) is 1.56. The maximum atomic E-state index is 11.1. The van der Waals surface area contributed by atoms with Gasteiger partial charge in [0.05, 0.1) is 18.2 Å². The summed E-state index contributed by atoms with van der Waals surface area (Å²) in [5.41, 5.74) is 0.0202. The van der Waals surface area contributed by atoms with Crippen molar-refractivity contribution in [2.24, 2.45) is 0 Å². The molecule has 5 heteroatoms. The van der Waals surface area contributed by atoms with Gasteiger partial charge in [-0.05, 0) is 12.1 Å². The van der Waals surface area contributed by atoms with Crippen LogP contribution in [0.4, 0.5) is 0 Å². The van der Waals surface area contributed by atoms with E-state index in [0.717, 1.165) is 0 Å². The number of carbonyl (C=O) groups excluding carboxylic acids is 1. The molecule has 0 unspecified atom stereocenters. The summed E-state index contributed by atoms with van der Waals surface area (Å²) in [4.78, 5) is 21.7. The average Bonchev–Trinajstić information content (AvgIpc) is 2.16. The molecule has 4 nitrogen and oxygen atoms in total. The van der Waals surface area contributed by atoms with Crippen molar-refractivity contribution < 1.29 is 19.4 Å². The molecule has 0 atom stereocenters. The first-order valence-corrected chi connectivity index (χ1v) is 3.57. The average molecular weight is 389 g/mol. The molecule has 0 aliphatic carbocycles. The van der Waals surface area contributed by atoms with E-state index in [-0.39, 0.29) is 38.4 Å². The minimum absolute atomic E-state index is 0. The van der Waals surface area contributed by atoms with Crippen molar-refractivity contribution in [3.05, 3.63) is 35.4 Å². The van der Waals surface area contributed by atoms with Crippen LogP contribution in [0.1, 0.15) is 20.7 Å². The van der Waals surface area contributed by atoms with Crippen molar-refractivity contribution in [3.63, 3.8) is 0 Å². The predicted molar refractivity (Wildman–Crippen MR) is 53.3 cm³/mol. The van der Waals surface area contributed by atoms with E-state index in [1.165, 1.54) is 19.2 Å². The molecule has 1 aromatic rings. The van der Waals surface area contributed by atoms with Crippen LogP contribution in [0, 0.1) is 0 Å². The van der Waals surface area contributed by atoms with E-state index in [0.29, 0.717) is 0 Å². The number of rotatable bonds is 2. The molecule has 0 aromatic heterocycles. The van der Waals surface area contributed by atoms with Crippen molar-refractivity contribution in [1.82, 2.24) is 0 Å². The zero-order valence-electron chi connectivity index (χ0n) is 7.69. The fourth-order valence-corrected chi connectivity index (χ4v) is 0.958. The second-order valence-corrected chi connectivity index (χ2v) is 2.34. The van der Waals surface area contributed by atoms with Crippen LogP contribution in [0.5, 0.6) is 0 Å². The van der Waals surface area contributed by atoms with Crippen LogP contribution in [0.2, 0.25) is 0 Å². The first-order valence-electron chi connectivity index (χ1n) is 3.57. The van der Waals surface area contributed by atoms with Crippen molar-refractivity contribution in [3.8, 4) is 0 Å². The second-order valence-electron chi connectivity index (χ2n) is 2.34. The van der Waals surface area contributed by atoms with E-state index in [2.05, 4.69) is 4.74 Å². The normalized spacial score (nSPS) is 8.64. The molecule has 1 rings (SSSR count). The van der Waals surface area contributed by atoms with Gasteiger partial charge in [-0.25, -0.2) is 9.59 Å². The molecular formula is C9H10O4Pb. The van der Waals surface area contributed by atoms with Gasteiger partial charge < -0.3 is 9.84 Å². The van der Waals surface area contributed by atoms with Crippen LogP contribution < -0.4 is 0 Å². The summed E-state index contributed by atoms with van der Waals surface area (Å²) >= 11 is 0. The van der Waals surface area contributed by atoms with E-state index < -0.39 is 11.9 Å². The number of hydrogen-bond acceptors (Lipinski definition) is 3. The van der Waals surface area contributed by atoms with Crippen molar-refractivity contribution >= 4 is 39.2 Å². The zero-order chi connectivity index (χ0) is 9.84. The summed E-state index contributed by atoms with van der Waals surface area (Å²) < 4.78 is 4.42. The van der Waals surface area contributed by atoms with Crippen molar-refractivity contribution in [2.75, 3.05) is 7.11 Å². The third kappa shape index (κ3) is 2.79. The van der Waals surface area contributed by atoms with Gasteiger partial charge in [0.1, 0.15) is 0 Å². The Hall–Kier alpha value is -0.918. The Morgan fingerprint density at radius 3 is 2.14 bits per heavy atom. The molecule has 0 aliphatic heterocycles. The van der Waals surface area contributed by atoms with Crippen LogP contribution in [-0.4, -0.2) is 51.5 Å². The molecule has 0 aliphatic rings. The van der Waals surface area contributed by atoms with Crippen LogP contribution in [-0.2, 0) is 4.74 Å². The SMILES string of the molecule is COC(=O)c1ccccc1C(=O)O.[PbH2]. The number of hydrogen-bond donors (Lipinski definition) is 1. The molecule has 0 spiro atoms. The van der Waals surface area contributed by atoms with Crippen molar-refractivity contribution in [2.45, 2.75) is 0 Å². The predicted octanol–water partition coefficient (Wildman–Crippen LogP) is 0.255. The molecule has 2 radical (unpaired) electrons. The van der Waals surface area contributed by atoms with Gasteiger partial charge in [0.15, 0.2) is 0 Å². The number of esters is 1. The number of ether oxygens (including phenoxy) is 1. The Bertz CT molecular complexity index is 348. The van der Waals surface area contributed by atoms with Gasteiger partial charge in [-0.1, -0.05) is 12.1 Å². The summed E-state index contributed by atoms with van der Waals surface area (Å²) in [7, 11) is 1.21. The maximum absolute atomic E-state index is 11.1. The Balaban J connectivity index is 0.00000169. The summed E-state index contributed by atoms with van der Waals surface area (Å²) in [5.74, 6) is -1.78. The van der Waals surface area contributed by atoms with Crippen LogP contribution in [0.25, 0.3) is 0 Å². The Labute approximate surface area is 101 Å². The first-order chi connectivity index (χ1) is 6.16. The number of carboxylic acids is 1. The molecule has 0 saturated heterocycles. The van der Waals surface area contributed by atoms with E-state index in [4.69, 9.17) is 5.11 Å². The van der Waals surface area contributed by atoms with Gasteiger partial charge in [0.2, 0.25) is 0 Å². The van der Waals surface area contributed by atoms with Gasteiger partial charge >= 0.3 is 39.2 Å². The zero-order valence-corrected chi connectivity index (χ0v) is 13.2. The third-order valence-corrected chi connectivity index (χ3v) is 1.56. The topological polar surface area (TPSA) is 63.6 Å². The molecule has 1 N–H and O–H groups in total. The fraction of sp³-hybridized carbons (Fsp3) is 0.111. The second kappa shape index (κ2) is 5.74. The molecule has 0 amide bonds. The molecule has 74 valence electrons. The summed E-state index contributed by atoms with van der Waals surface area (Å²) in [6, 6.07) is 5.90. The van der Waals surface area contributed by atoms with E-state index >= 15 is 0 Å².